The van der Waals surface area contributed by atoms with Crippen LogP contribution < -0.4 is 10.1 Å². The molecule has 0 bridgehead atoms. The van der Waals surface area contributed by atoms with Gasteiger partial charge >= 0.3 is 0 Å². The van der Waals surface area contributed by atoms with Crippen LogP contribution in [0.4, 0.5) is 0 Å². The Morgan fingerprint density at radius 3 is 2.37 bits per heavy atom. The van der Waals surface area contributed by atoms with Crippen molar-refractivity contribution in [1.82, 2.24) is 5.32 Å². The predicted octanol–water partition coefficient (Wildman–Crippen LogP) is 5.83. The molecule has 0 aromatic heterocycles. The molecular weight excluding hydrogens is 410 g/mol. The number of hydrogen-bond acceptors (Lipinski definition) is 4. The first-order valence-corrected chi connectivity index (χ1v) is 12.2. The molecule has 1 amide bonds. The van der Waals surface area contributed by atoms with Crippen molar-refractivity contribution in [3.8, 4) is 5.75 Å². The Morgan fingerprint density at radius 2 is 1.63 bits per heavy atom. The van der Waals surface area contributed by atoms with Gasteiger partial charge in [0.05, 0.1) is 6.61 Å². The van der Waals surface area contributed by atoms with Gasteiger partial charge in [-0.3, -0.25) is 4.79 Å². The highest BCUT2D eigenvalue weighted by atomic mass is 32.2. The third-order valence-electron chi connectivity index (χ3n) is 4.40. The number of carbonyl (C=O) groups excluding carboxylic acids is 1. The zero-order valence-electron chi connectivity index (χ0n) is 17.2. The van der Waals surface area contributed by atoms with Gasteiger partial charge in [-0.05, 0) is 48.9 Å². The number of hydrogen-bond donors (Lipinski definition) is 1. The molecule has 0 fully saturated rings. The van der Waals surface area contributed by atoms with E-state index in [1.807, 2.05) is 54.2 Å². The molecule has 0 aliphatic rings. The first-order valence-electron chi connectivity index (χ1n) is 10.0. The van der Waals surface area contributed by atoms with Crippen molar-refractivity contribution in [3.05, 3.63) is 95.6 Å². The Balaban J connectivity index is 1.30. The largest absolute Gasteiger partial charge is 0.493 e. The summed E-state index contributed by atoms with van der Waals surface area (Å²) in [6.45, 7) is 3.38. The molecule has 3 rings (SSSR count). The fraction of sp³-hybridized carbons (Fsp3) is 0.240. The van der Waals surface area contributed by atoms with Gasteiger partial charge in [-0.2, -0.15) is 11.8 Å². The van der Waals surface area contributed by atoms with Crippen molar-refractivity contribution in [3.63, 3.8) is 0 Å². The quantitative estimate of drug-likeness (QED) is 0.303. The minimum Gasteiger partial charge on any atom is -0.493 e. The number of aryl methyl sites for hydroxylation is 1. The van der Waals surface area contributed by atoms with Crippen molar-refractivity contribution in [2.24, 2.45) is 0 Å². The lowest BCUT2D eigenvalue weighted by Gasteiger charge is -2.08. The van der Waals surface area contributed by atoms with Crippen molar-refractivity contribution in [2.75, 3.05) is 24.7 Å². The van der Waals surface area contributed by atoms with Gasteiger partial charge in [-0.25, -0.2) is 0 Å². The van der Waals surface area contributed by atoms with Gasteiger partial charge in [0.2, 0.25) is 0 Å². The third-order valence-corrected chi connectivity index (χ3v) is 6.41. The zero-order chi connectivity index (χ0) is 21.0. The van der Waals surface area contributed by atoms with Crippen LogP contribution in [0.5, 0.6) is 5.75 Å². The van der Waals surface area contributed by atoms with Gasteiger partial charge in [0.15, 0.2) is 0 Å². The SMILES string of the molecule is Cc1ccc(CSCCNC(=O)c2ccc(OCCSc3ccccc3)cc2)cc1. The average Bonchev–Trinajstić information content (AvgIpc) is 2.79. The second kappa shape index (κ2) is 12.4. The van der Waals surface area contributed by atoms with Crippen LogP contribution in [0.1, 0.15) is 21.5 Å². The lowest BCUT2D eigenvalue weighted by atomic mass is 10.2. The van der Waals surface area contributed by atoms with E-state index >= 15 is 0 Å². The second-order valence-electron chi connectivity index (χ2n) is 6.83. The van der Waals surface area contributed by atoms with Gasteiger partial charge in [0.25, 0.3) is 5.91 Å². The van der Waals surface area contributed by atoms with Gasteiger partial charge in [-0.15, -0.1) is 11.8 Å². The second-order valence-corrected chi connectivity index (χ2v) is 9.10. The average molecular weight is 438 g/mol. The maximum Gasteiger partial charge on any atom is 0.251 e. The summed E-state index contributed by atoms with van der Waals surface area (Å²) in [5.74, 6) is 3.47. The van der Waals surface area contributed by atoms with E-state index in [2.05, 4.69) is 48.6 Å². The lowest BCUT2D eigenvalue weighted by molar-refractivity contribution is 0.0956. The highest BCUT2D eigenvalue weighted by Gasteiger charge is 2.05. The van der Waals surface area contributed by atoms with Gasteiger partial charge < -0.3 is 10.1 Å². The van der Waals surface area contributed by atoms with Crippen LogP contribution in [0.3, 0.4) is 0 Å². The molecule has 0 aliphatic heterocycles. The Hall–Kier alpha value is -2.37. The number of rotatable bonds is 11. The minimum absolute atomic E-state index is 0.0443. The first-order chi connectivity index (χ1) is 14.7. The van der Waals surface area contributed by atoms with E-state index in [-0.39, 0.29) is 5.91 Å². The summed E-state index contributed by atoms with van der Waals surface area (Å²) in [5.41, 5.74) is 3.25. The normalized spacial score (nSPS) is 10.6. The molecule has 5 heteroatoms. The molecule has 3 nitrogen and oxygen atoms in total. The first kappa shape index (κ1) is 22.3. The van der Waals surface area contributed by atoms with Crippen LogP contribution in [-0.2, 0) is 5.75 Å². The van der Waals surface area contributed by atoms with Crippen LogP contribution in [0.2, 0.25) is 0 Å². The molecule has 0 unspecified atom stereocenters. The molecule has 0 aliphatic carbocycles. The predicted molar refractivity (Wildman–Crippen MR) is 129 cm³/mol. The number of amides is 1. The molecule has 0 saturated heterocycles. The Bertz CT molecular complexity index is 897. The summed E-state index contributed by atoms with van der Waals surface area (Å²) >= 11 is 3.59. The Kier molecular flexibility index (Phi) is 9.19. The molecule has 0 spiro atoms. The summed E-state index contributed by atoms with van der Waals surface area (Å²) in [7, 11) is 0. The molecule has 30 heavy (non-hydrogen) atoms. The summed E-state index contributed by atoms with van der Waals surface area (Å²) in [4.78, 5) is 13.5. The van der Waals surface area contributed by atoms with Crippen LogP contribution in [-0.4, -0.2) is 30.6 Å². The van der Waals surface area contributed by atoms with E-state index in [4.69, 9.17) is 4.74 Å². The molecule has 3 aromatic carbocycles. The number of ether oxygens (including phenoxy) is 1. The smallest absolute Gasteiger partial charge is 0.251 e. The number of carbonyl (C=O) groups is 1. The molecule has 0 atom stereocenters. The summed E-state index contributed by atoms with van der Waals surface area (Å²) in [6, 6.07) is 26.2. The molecule has 3 aromatic rings. The topological polar surface area (TPSA) is 38.3 Å². The third kappa shape index (κ3) is 7.81. The fourth-order valence-corrected chi connectivity index (χ4v) is 4.32. The van der Waals surface area contributed by atoms with Crippen LogP contribution >= 0.6 is 23.5 Å². The van der Waals surface area contributed by atoms with E-state index < -0.39 is 0 Å². The van der Waals surface area contributed by atoms with E-state index in [0.717, 1.165) is 23.0 Å². The van der Waals surface area contributed by atoms with Crippen LogP contribution in [0, 0.1) is 6.92 Å². The number of nitrogens with one attached hydrogen (secondary N) is 1. The highest BCUT2D eigenvalue weighted by Crippen LogP contribution is 2.18. The molecule has 0 saturated carbocycles. The van der Waals surface area contributed by atoms with Crippen molar-refractivity contribution < 1.29 is 9.53 Å². The Labute approximate surface area is 187 Å². The summed E-state index contributed by atoms with van der Waals surface area (Å²) in [6.07, 6.45) is 0. The maximum atomic E-state index is 12.3. The molecule has 1 N–H and O–H groups in total. The van der Waals surface area contributed by atoms with E-state index in [1.54, 1.807) is 11.8 Å². The minimum atomic E-state index is -0.0443. The van der Waals surface area contributed by atoms with Gasteiger partial charge in [0.1, 0.15) is 5.75 Å². The van der Waals surface area contributed by atoms with Crippen LogP contribution in [0.25, 0.3) is 0 Å². The molecular formula is C25H27NO2S2. The van der Waals surface area contributed by atoms with Crippen molar-refractivity contribution >= 4 is 29.4 Å². The number of thioether (sulfide) groups is 2. The van der Waals surface area contributed by atoms with Gasteiger partial charge in [0, 0.05) is 34.3 Å². The van der Waals surface area contributed by atoms with Crippen molar-refractivity contribution in [1.29, 1.82) is 0 Å². The Morgan fingerprint density at radius 1 is 0.900 bits per heavy atom. The maximum absolute atomic E-state index is 12.3. The molecule has 156 valence electrons. The monoisotopic (exact) mass is 437 g/mol. The van der Waals surface area contributed by atoms with E-state index in [9.17, 15) is 4.79 Å². The van der Waals surface area contributed by atoms with Gasteiger partial charge in [-0.1, -0.05) is 48.0 Å². The lowest BCUT2D eigenvalue weighted by Crippen LogP contribution is -2.25. The standard InChI is InChI=1S/C25H27NO2S2/c1-20-7-9-21(10-8-20)19-29-17-15-26-25(27)22-11-13-23(14-12-22)28-16-18-30-24-5-3-2-4-6-24/h2-14H,15-19H2,1H3,(H,26,27). The number of benzene rings is 3. The van der Waals surface area contributed by atoms with Crippen LogP contribution in [0.15, 0.2) is 83.8 Å². The summed E-state index contributed by atoms with van der Waals surface area (Å²) < 4.78 is 5.77. The molecule has 0 radical (unpaired) electrons. The molecule has 0 heterocycles. The summed E-state index contributed by atoms with van der Waals surface area (Å²) in [5, 5.41) is 2.98. The zero-order valence-corrected chi connectivity index (χ0v) is 18.8. The van der Waals surface area contributed by atoms with Crippen molar-refractivity contribution in [2.45, 2.75) is 17.6 Å². The van der Waals surface area contributed by atoms with E-state index in [1.165, 1.54) is 16.0 Å². The fourth-order valence-electron chi connectivity index (χ4n) is 2.75. The van der Waals surface area contributed by atoms with E-state index in [0.29, 0.717) is 18.7 Å². The highest BCUT2D eigenvalue weighted by molar-refractivity contribution is 7.99.